The van der Waals surface area contributed by atoms with Crippen molar-refractivity contribution < 1.29 is 29.3 Å². The highest BCUT2D eigenvalue weighted by Gasteiger charge is 2.41. The van der Waals surface area contributed by atoms with Crippen LogP contribution in [0.25, 0.3) is 0 Å². The summed E-state index contributed by atoms with van der Waals surface area (Å²) in [6.45, 7) is 3.61. The third kappa shape index (κ3) is 6.28. The Balaban J connectivity index is 2.79. The van der Waals surface area contributed by atoms with Gasteiger partial charge in [-0.2, -0.15) is 0 Å². The van der Waals surface area contributed by atoms with E-state index >= 15 is 0 Å². The normalized spacial score (nSPS) is 13.1. The Kier molecular flexibility index (Phi) is 7.23. The van der Waals surface area contributed by atoms with Crippen molar-refractivity contribution in [2.24, 2.45) is 5.92 Å². The molecule has 0 aromatic heterocycles. The van der Waals surface area contributed by atoms with Gasteiger partial charge in [0.15, 0.2) is 0 Å². The maximum Gasteiger partial charge on any atom is 0.408 e. The molecule has 1 rings (SSSR count). The van der Waals surface area contributed by atoms with E-state index in [1.165, 1.54) is 0 Å². The number of aliphatic carboxylic acids is 2. The summed E-state index contributed by atoms with van der Waals surface area (Å²) in [5.41, 5.74) is -0.900. The molecular formula is C17H23NO6. The number of amides is 1. The van der Waals surface area contributed by atoms with Crippen molar-refractivity contribution >= 4 is 18.0 Å². The zero-order valence-corrected chi connectivity index (χ0v) is 13.8. The predicted molar refractivity (Wildman–Crippen MR) is 86.5 cm³/mol. The lowest BCUT2D eigenvalue weighted by Crippen LogP contribution is -2.55. The third-order valence-corrected chi connectivity index (χ3v) is 3.49. The molecule has 0 heterocycles. The molecule has 0 bridgehead atoms. The number of carboxylic acid groups (broad SMARTS) is 2. The van der Waals surface area contributed by atoms with Crippen LogP contribution < -0.4 is 5.32 Å². The summed E-state index contributed by atoms with van der Waals surface area (Å²) in [6, 6.07) is 8.97. The van der Waals surface area contributed by atoms with Crippen molar-refractivity contribution in [2.45, 2.75) is 45.3 Å². The van der Waals surface area contributed by atoms with Crippen LogP contribution in [0.4, 0.5) is 4.79 Å². The molecule has 0 aliphatic carbocycles. The molecule has 1 aromatic rings. The molecule has 7 heteroatoms. The largest absolute Gasteiger partial charge is 0.481 e. The standard InChI is InChI=1S/C17H23NO6/c1-12(2)10-17(15(21)22,9-8-14(19)20)18-16(23)24-11-13-6-4-3-5-7-13/h3-7,12H,8-11H2,1-2H3,(H,18,23)(H,19,20)(H,21,22)/t17-/m1/s1. The molecule has 1 atom stereocenters. The van der Waals surface area contributed by atoms with E-state index in [0.29, 0.717) is 0 Å². The van der Waals surface area contributed by atoms with Gasteiger partial charge in [0, 0.05) is 6.42 Å². The number of carbonyl (C=O) groups is 3. The minimum absolute atomic E-state index is 0.00296. The average Bonchev–Trinajstić information content (AvgIpc) is 2.51. The first-order chi connectivity index (χ1) is 11.2. The first kappa shape index (κ1) is 19.5. The van der Waals surface area contributed by atoms with Crippen molar-refractivity contribution in [3.63, 3.8) is 0 Å². The van der Waals surface area contributed by atoms with Gasteiger partial charge < -0.3 is 20.3 Å². The van der Waals surface area contributed by atoms with Gasteiger partial charge in [0.2, 0.25) is 0 Å². The number of hydrogen-bond acceptors (Lipinski definition) is 4. The van der Waals surface area contributed by atoms with E-state index in [2.05, 4.69) is 5.32 Å². The molecule has 0 unspecified atom stereocenters. The number of hydrogen-bond donors (Lipinski definition) is 3. The van der Waals surface area contributed by atoms with Gasteiger partial charge in [-0.05, 0) is 24.3 Å². The molecule has 0 aliphatic rings. The molecule has 0 spiro atoms. The lowest BCUT2D eigenvalue weighted by molar-refractivity contribution is -0.146. The number of carboxylic acids is 2. The van der Waals surface area contributed by atoms with Gasteiger partial charge in [-0.1, -0.05) is 44.2 Å². The maximum atomic E-state index is 12.0. The van der Waals surface area contributed by atoms with Gasteiger partial charge >= 0.3 is 18.0 Å². The summed E-state index contributed by atoms with van der Waals surface area (Å²) in [5, 5.41) is 20.8. The molecule has 0 saturated carbocycles. The highest BCUT2D eigenvalue weighted by atomic mass is 16.5. The minimum Gasteiger partial charge on any atom is -0.481 e. The van der Waals surface area contributed by atoms with E-state index in [9.17, 15) is 19.5 Å². The van der Waals surface area contributed by atoms with Crippen LogP contribution in [0.5, 0.6) is 0 Å². The van der Waals surface area contributed by atoms with Gasteiger partial charge in [0.05, 0.1) is 0 Å². The number of rotatable bonds is 9. The molecule has 0 saturated heterocycles. The Hall–Kier alpha value is -2.57. The molecular weight excluding hydrogens is 314 g/mol. The number of alkyl carbamates (subject to hydrolysis) is 1. The summed E-state index contributed by atoms with van der Waals surface area (Å²) in [6.07, 6.45) is -1.35. The maximum absolute atomic E-state index is 12.0. The number of carbonyl (C=O) groups excluding carboxylic acids is 1. The van der Waals surface area contributed by atoms with Crippen LogP contribution >= 0.6 is 0 Å². The predicted octanol–water partition coefficient (Wildman–Crippen LogP) is 2.65. The van der Waals surface area contributed by atoms with Crippen molar-refractivity contribution in [1.82, 2.24) is 5.32 Å². The van der Waals surface area contributed by atoms with E-state index < -0.39 is 23.6 Å². The number of benzene rings is 1. The topological polar surface area (TPSA) is 113 Å². The Morgan fingerprint density at radius 1 is 1.17 bits per heavy atom. The zero-order chi connectivity index (χ0) is 18.2. The molecule has 132 valence electrons. The zero-order valence-electron chi connectivity index (χ0n) is 13.8. The fourth-order valence-corrected chi connectivity index (χ4v) is 2.44. The smallest absolute Gasteiger partial charge is 0.408 e. The number of ether oxygens (including phenoxy) is 1. The second kappa shape index (κ2) is 8.90. The van der Waals surface area contributed by atoms with Crippen molar-refractivity contribution in [2.75, 3.05) is 0 Å². The van der Waals surface area contributed by atoms with E-state index in [1.807, 2.05) is 6.07 Å². The monoisotopic (exact) mass is 337 g/mol. The van der Waals surface area contributed by atoms with Gasteiger partial charge in [0.1, 0.15) is 12.1 Å². The summed E-state index contributed by atoms with van der Waals surface area (Å²) < 4.78 is 5.06. The Morgan fingerprint density at radius 3 is 2.29 bits per heavy atom. The number of nitrogens with one attached hydrogen (secondary N) is 1. The van der Waals surface area contributed by atoms with Crippen LogP contribution in [-0.4, -0.2) is 33.8 Å². The Bertz CT molecular complexity index is 572. The fraction of sp³-hybridized carbons (Fsp3) is 0.471. The Morgan fingerprint density at radius 2 is 1.79 bits per heavy atom. The van der Waals surface area contributed by atoms with E-state index in [-0.39, 0.29) is 31.8 Å². The van der Waals surface area contributed by atoms with Crippen LogP contribution in [0.3, 0.4) is 0 Å². The third-order valence-electron chi connectivity index (χ3n) is 3.49. The molecule has 7 nitrogen and oxygen atoms in total. The molecule has 0 fully saturated rings. The first-order valence-electron chi connectivity index (χ1n) is 7.69. The molecule has 3 N–H and O–H groups in total. The summed E-state index contributed by atoms with van der Waals surface area (Å²) in [4.78, 5) is 34.5. The van der Waals surface area contributed by atoms with Gasteiger partial charge in [0.25, 0.3) is 0 Å². The summed E-state index contributed by atoms with van der Waals surface area (Å²) in [5.74, 6) is -2.44. The van der Waals surface area contributed by atoms with E-state index in [1.54, 1.807) is 38.1 Å². The first-order valence-corrected chi connectivity index (χ1v) is 7.69. The van der Waals surface area contributed by atoms with Crippen LogP contribution in [-0.2, 0) is 20.9 Å². The molecule has 24 heavy (non-hydrogen) atoms. The van der Waals surface area contributed by atoms with Gasteiger partial charge in [-0.25, -0.2) is 9.59 Å². The summed E-state index contributed by atoms with van der Waals surface area (Å²) in [7, 11) is 0. The van der Waals surface area contributed by atoms with Gasteiger partial charge in [-0.15, -0.1) is 0 Å². The van der Waals surface area contributed by atoms with Crippen LogP contribution in [0.2, 0.25) is 0 Å². The minimum atomic E-state index is -1.67. The van der Waals surface area contributed by atoms with E-state index in [0.717, 1.165) is 5.56 Å². The highest BCUT2D eigenvalue weighted by molar-refractivity contribution is 5.85. The quantitative estimate of drug-likeness (QED) is 0.638. The molecule has 0 radical (unpaired) electrons. The SMILES string of the molecule is CC(C)C[C@@](CCC(=O)O)(NC(=O)OCc1ccccc1)C(=O)O. The molecule has 1 amide bonds. The second-order valence-electron chi connectivity index (χ2n) is 6.07. The summed E-state index contributed by atoms with van der Waals surface area (Å²) >= 11 is 0. The molecule has 1 aromatic carbocycles. The van der Waals surface area contributed by atoms with Crippen LogP contribution in [0, 0.1) is 5.92 Å². The van der Waals surface area contributed by atoms with Crippen LogP contribution in [0.15, 0.2) is 30.3 Å². The lowest BCUT2D eigenvalue weighted by atomic mass is 9.84. The second-order valence-corrected chi connectivity index (χ2v) is 6.07. The lowest BCUT2D eigenvalue weighted by Gasteiger charge is -2.31. The van der Waals surface area contributed by atoms with Crippen LogP contribution in [0.1, 0.15) is 38.7 Å². The van der Waals surface area contributed by atoms with Crippen molar-refractivity contribution in [3.05, 3.63) is 35.9 Å². The highest BCUT2D eigenvalue weighted by Crippen LogP contribution is 2.24. The Labute approximate surface area is 140 Å². The van der Waals surface area contributed by atoms with Crippen molar-refractivity contribution in [1.29, 1.82) is 0 Å². The van der Waals surface area contributed by atoms with Gasteiger partial charge in [-0.3, -0.25) is 4.79 Å². The fourth-order valence-electron chi connectivity index (χ4n) is 2.44. The van der Waals surface area contributed by atoms with Crippen molar-refractivity contribution in [3.8, 4) is 0 Å². The average molecular weight is 337 g/mol. The molecule has 0 aliphatic heterocycles. The van der Waals surface area contributed by atoms with E-state index in [4.69, 9.17) is 9.84 Å².